The molecule has 33 heavy (non-hydrogen) atoms. The van der Waals surface area contributed by atoms with E-state index < -0.39 is 5.91 Å². The molecule has 0 unspecified atom stereocenters. The van der Waals surface area contributed by atoms with Crippen LogP contribution in [-0.4, -0.2) is 40.6 Å². The molecule has 0 atom stereocenters. The monoisotopic (exact) mass is 476 g/mol. The number of carbonyl (C=O) groups excluding carboxylic acids is 2. The number of hydrogen-bond donors (Lipinski definition) is 3. The second kappa shape index (κ2) is 10.3. The van der Waals surface area contributed by atoms with E-state index in [-0.39, 0.29) is 41.4 Å². The lowest BCUT2D eigenvalue weighted by molar-refractivity contribution is -0.680. The van der Waals surface area contributed by atoms with E-state index in [1.807, 2.05) is 25.1 Å². The highest BCUT2D eigenvalue weighted by atomic mass is 35.5. The quantitative estimate of drug-likeness (QED) is 0.310. The lowest BCUT2D eigenvalue weighted by Crippen LogP contribution is -2.41. The highest BCUT2D eigenvalue weighted by Gasteiger charge is 2.26. The molecule has 3 rings (SSSR count). The molecule has 3 aromatic rings. The Morgan fingerprint density at radius 3 is 2.64 bits per heavy atom. The molecule has 176 valence electrons. The maximum Gasteiger partial charge on any atom is 0.305 e. The van der Waals surface area contributed by atoms with Crippen molar-refractivity contribution in [2.45, 2.75) is 39.4 Å². The van der Waals surface area contributed by atoms with Crippen molar-refractivity contribution in [2.24, 2.45) is 0 Å². The second-order valence-corrected chi connectivity index (χ2v) is 7.52. The molecule has 11 nitrogen and oxygen atoms in total. The Morgan fingerprint density at radius 2 is 1.97 bits per heavy atom. The minimum absolute atomic E-state index is 0.0470. The molecule has 0 radical (unpaired) electrons. The minimum Gasteiger partial charge on any atom is -0.497 e. The van der Waals surface area contributed by atoms with Crippen molar-refractivity contribution < 1.29 is 23.6 Å². The summed E-state index contributed by atoms with van der Waals surface area (Å²) >= 11 is 5.90. The van der Waals surface area contributed by atoms with Gasteiger partial charge in [-0.3, -0.25) is 9.59 Å². The molecule has 0 aliphatic carbocycles. The molecule has 1 amide bonds. The van der Waals surface area contributed by atoms with Gasteiger partial charge in [-0.2, -0.15) is 0 Å². The minimum atomic E-state index is -0.534. The van der Waals surface area contributed by atoms with E-state index in [0.717, 1.165) is 16.9 Å². The number of rotatable bonds is 9. The van der Waals surface area contributed by atoms with Crippen LogP contribution in [0.1, 0.15) is 36.1 Å². The van der Waals surface area contributed by atoms with Crippen LogP contribution in [0.15, 0.2) is 18.2 Å². The molecular weight excluding hydrogens is 450 g/mol. The first-order valence-electron chi connectivity index (χ1n) is 10.3. The Kier molecular flexibility index (Phi) is 7.54. The van der Waals surface area contributed by atoms with Gasteiger partial charge in [0.05, 0.1) is 27.3 Å². The Hall–Kier alpha value is -3.60. The van der Waals surface area contributed by atoms with Gasteiger partial charge in [0.15, 0.2) is 33.5 Å². The van der Waals surface area contributed by atoms with E-state index in [9.17, 15) is 9.59 Å². The zero-order valence-electron chi connectivity index (χ0n) is 18.7. The standard InChI is InChI=1S/C21H26ClN7O4/c1-4-28-14-10-12(32-2)7-8-13(14)29(9-5-6-16(30)33-3)15(28)11-25-21(31)17-19(23)27-20(24)18(22)26-17/h7-8,10H,4-6,9,11H2,1-3H3,(H4-,23,24,25,27,31)/p+1. The van der Waals surface area contributed by atoms with Gasteiger partial charge in [-0.25, -0.2) is 19.1 Å². The number of esters is 1. The predicted octanol–water partition coefficient (Wildman–Crippen LogP) is 1.45. The fourth-order valence-electron chi connectivity index (χ4n) is 3.63. The van der Waals surface area contributed by atoms with Crippen LogP contribution >= 0.6 is 11.6 Å². The van der Waals surface area contributed by atoms with Gasteiger partial charge >= 0.3 is 5.97 Å². The van der Waals surface area contributed by atoms with Crippen molar-refractivity contribution in [2.75, 3.05) is 25.7 Å². The summed E-state index contributed by atoms with van der Waals surface area (Å²) in [5.74, 6) is 0.572. The number of benzene rings is 1. The number of amides is 1. The average Bonchev–Trinajstić information content (AvgIpc) is 3.11. The van der Waals surface area contributed by atoms with Crippen LogP contribution in [0.2, 0.25) is 5.15 Å². The van der Waals surface area contributed by atoms with Crippen LogP contribution in [0.25, 0.3) is 11.0 Å². The molecule has 5 N–H and O–H groups in total. The smallest absolute Gasteiger partial charge is 0.305 e. The van der Waals surface area contributed by atoms with Crippen LogP contribution in [0, 0.1) is 0 Å². The molecule has 0 fully saturated rings. The Labute approximate surface area is 195 Å². The lowest BCUT2D eigenvalue weighted by atomic mass is 10.2. The maximum absolute atomic E-state index is 12.8. The number of carbonyl (C=O) groups is 2. The molecule has 12 heteroatoms. The van der Waals surface area contributed by atoms with Gasteiger partial charge in [0.1, 0.15) is 12.3 Å². The zero-order valence-corrected chi connectivity index (χ0v) is 19.5. The third kappa shape index (κ3) is 5.08. The van der Waals surface area contributed by atoms with Gasteiger partial charge < -0.3 is 26.3 Å². The molecule has 0 bridgehead atoms. The number of nitrogens with zero attached hydrogens (tertiary/aromatic N) is 4. The van der Waals surface area contributed by atoms with E-state index in [2.05, 4.69) is 24.4 Å². The SMILES string of the molecule is CCn1c(CNC(=O)c2nc(Cl)c(N)nc2N)[n+](CCCC(=O)OC)c2ccc(OC)cc21. The summed E-state index contributed by atoms with van der Waals surface area (Å²) in [6.07, 6.45) is 0.847. The summed E-state index contributed by atoms with van der Waals surface area (Å²) in [6.45, 7) is 3.37. The summed E-state index contributed by atoms with van der Waals surface area (Å²) in [7, 11) is 2.97. The Bertz CT molecular complexity index is 1200. The predicted molar refractivity (Wildman–Crippen MR) is 123 cm³/mol. The number of nitrogens with one attached hydrogen (secondary N) is 1. The summed E-state index contributed by atoms with van der Waals surface area (Å²) in [4.78, 5) is 32.2. The van der Waals surface area contributed by atoms with E-state index in [1.54, 1.807) is 7.11 Å². The van der Waals surface area contributed by atoms with Crippen LogP contribution in [0.5, 0.6) is 5.75 Å². The number of fused-ring (bicyclic) bond motifs is 1. The Balaban J connectivity index is 1.95. The van der Waals surface area contributed by atoms with E-state index in [1.165, 1.54) is 7.11 Å². The van der Waals surface area contributed by atoms with Crippen molar-refractivity contribution in [1.29, 1.82) is 0 Å². The molecule has 0 aliphatic heterocycles. The summed E-state index contributed by atoms with van der Waals surface area (Å²) < 4.78 is 14.3. The largest absolute Gasteiger partial charge is 0.497 e. The van der Waals surface area contributed by atoms with Crippen LogP contribution < -0.4 is 26.1 Å². The van der Waals surface area contributed by atoms with Gasteiger partial charge in [0.25, 0.3) is 11.7 Å². The van der Waals surface area contributed by atoms with Crippen molar-refractivity contribution in [1.82, 2.24) is 19.9 Å². The first kappa shape index (κ1) is 24.1. The number of ether oxygens (including phenoxy) is 2. The lowest BCUT2D eigenvalue weighted by Gasteiger charge is -2.08. The molecule has 0 aliphatic rings. The summed E-state index contributed by atoms with van der Waals surface area (Å²) in [5.41, 5.74) is 13.2. The van der Waals surface area contributed by atoms with Crippen molar-refractivity contribution in [3.8, 4) is 5.75 Å². The first-order valence-corrected chi connectivity index (χ1v) is 10.7. The van der Waals surface area contributed by atoms with Gasteiger partial charge in [-0.05, 0) is 25.5 Å². The topological polar surface area (TPSA) is 151 Å². The van der Waals surface area contributed by atoms with E-state index >= 15 is 0 Å². The third-order valence-electron chi connectivity index (χ3n) is 5.22. The molecule has 1 aromatic carbocycles. The number of nitrogens with two attached hydrogens (primary N) is 2. The van der Waals surface area contributed by atoms with Gasteiger partial charge in [-0.1, -0.05) is 11.6 Å². The number of nitrogen functional groups attached to an aromatic ring is 2. The van der Waals surface area contributed by atoms with E-state index in [4.69, 9.17) is 32.5 Å². The van der Waals surface area contributed by atoms with Crippen LogP contribution in [0.3, 0.4) is 0 Å². The molecule has 0 saturated heterocycles. The van der Waals surface area contributed by atoms with Crippen molar-refractivity contribution in [3.63, 3.8) is 0 Å². The molecule has 2 aromatic heterocycles. The maximum atomic E-state index is 12.8. The van der Waals surface area contributed by atoms with E-state index in [0.29, 0.717) is 25.3 Å². The third-order valence-corrected chi connectivity index (χ3v) is 5.50. The highest BCUT2D eigenvalue weighted by Crippen LogP contribution is 2.22. The number of methoxy groups -OCH3 is 2. The van der Waals surface area contributed by atoms with Gasteiger partial charge in [0, 0.05) is 12.5 Å². The molecule has 0 saturated carbocycles. The average molecular weight is 477 g/mol. The highest BCUT2D eigenvalue weighted by molar-refractivity contribution is 6.31. The van der Waals surface area contributed by atoms with Crippen molar-refractivity contribution >= 4 is 46.1 Å². The molecule has 0 spiro atoms. The molecular formula is C21H27ClN7O4+. The van der Waals surface area contributed by atoms with Gasteiger partial charge in [-0.15, -0.1) is 0 Å². The molecule has 2 heterocycles. The number of aryl methyl sites for hydroxylation is 2. The van der Waals surface area contributed by atoms with Crippen LogP contribution in [-0.2, 0) is 29.2 Å². The normalized spacial score (nSPS) is 10.9. The fourth-order valence-corrected chi connectivity index (χ4v) is 3.75. The Morgan fingerprint density at radius 1 is 1.21 bits per heavy atom. The number of imidazole rings is 1. The van der Waals surface area contributed by atoms with Gasteiger partial charge in [0.2, 0.25) is 0 Å². The van der Waals surface area contributed by atoms with Crippen LogP contribution in [0.4, 0.5) is 11.6 Å². The number of hydrogen-bond acceptors (Lipinski definition) is 8. The van der Waals surface area contributed by atoms with Crippen molar-refractivity contribution in [3.05, 3.63) is 34.9 Å². The fraction of sp³-hybridized carbons (Fsp3) is 0.381. The second-order valence-electron chi connectivity index (χ2n) is 7.16. The number of anilines is 2. The number of aromatic nitrogens is 4. The zero-order chi connectivity index (χ0) is 24.1. The number of halogens is 1. The summed E-state index contributed by atoms with van der Waals surface area (Å²) in [5, 5.41) is 2.74. The summed E-state index contributed by atoms with van der Waals surface area (Å²) in [6, 6.07) is 5.76. The first-order chi connectivity index (χ1) is 15.8.